The molecule has 0 aliphatic rings. The van der Waals surface area contributed by atoms with Crippen molar-refractivity contribution < 1.29 is 31.3 Å². The van der Waals surface area contributed by atoms with Crippen LogP contribution in [0.5, 0.6) is 0 Å². The minimum absolute atomic E-state index is 0.730. The summed E-state index contributed by atoms with van der Waals surface area (Å²) in [5.74, 6) is 1.46. The quantitative estimate of drug-likeness (QED) is 0.187. The highest BCUT2D eigenvalue weighted by Gasteiger charge is 2.37. The summed E-state index contributed by atoms with van der Waals surface area (Å²) in [6.07, 6.45) is 5.26. The van der Waals surface area contributed by atoms with Gasteiger partial charge in [-0.3, -0.25) is 0 Å². The van der Waals surface area contributed by atoms with Gasteiger partial charge < -0.3 is 31.3 Å². The normalized spacial score (nSPS) is 12.2. The fourth-order valence-electron chi connectivity index (χ4n) is 2.75. The fraction of sp³-hybridized carbons (Fsp3) is 0.778. The molecule has 0 spiro atoms. The second kappa shape index (κ2) is 14.5. The van der Waals surface area contributed by atoms with Crippen LogP contribution in [0.3, 0.4) is 0 Å². The molecule has 0 atom stereocenters. The van der Waals surface area contributed by atoms with E-state index in [2.05, 4.69) is 13.2 Å². The Morgan fingerprint density at radius 1 is 0.556 bits per heavy atom. The van der Waals surface area contributed by atoms with Crippen molar-refractivity contribution >= 4 is 17.6 Å². The number of rotatable bonds is 18. The zero-order chi connectivity index (χ0) is 20.8. The number of ether oxygens (including phenoxy) is 1. The molecule has 9 heteroatoms. The summed E-state index contributed by atoms with van der Waals surface area (Å²) in [7, 11) is 4.80. The van der Waals surface area contributed by atoms with Crippen LogP contribution in [0, 0.1) is 0 Å². The standard InChI is InChI=1S/C18H38O7Si2/c1-17(13-9-11-15-26(19-3,20-4)21-5)25-18(2)14-10-12-16-27(22-6,23-7)24-8/h1-2,9-16H2,3-8H3. The number of hydrogen-bond acceptors (Lipinski definition) is 7. The Morgan fingerprint density at radius 2 is 0.852 bits per heavy atom. The first-order valence-corrected chi connectivity index (χ1v) is 13.1. The van der Waals surface area contributed by atoms with Gasteiger partial charge in [0.25, 0.3) is 0 Å². The van der Waals surface area contributed by atoms with E-state index in [9.17, 15) is 0 Å². The molecule has 7 nitrogen and oxygen atoms in total. The van der Waals surface area contributed by atoms with Gasteiger partial charge in [0, 0.05) is 67.6 Å². The van der Waals surface area contributed by atoms with Crippen LogP contribution in [0.4, 0.5) is 0 Å². The molecule has 0 saturated carbocycles. The summed E-state index contributed by atoms with van der Waals surface area (Å²) in [5, 5.41) is 0. The molecule has 27 heavy (non-hydrogen) atoms. The van der Waals surface area contributed by atoms with Crippen LogP contribution in [0.25, 0.3) is 0 Å². The molecular formula is C18H38O7Si2. The van der Waals surface area contributed by atoms with Crippen LogP contribution in [-0.2, 0) is 31.3 Å². The SMILES string of the molecule is C=C(CCCC[Si](OC)(OC)OC)OC(=C)CCCC[Si](OC)(OC)OC. The van der Waals surface area contributed by atoms with Crippen molar-refractivity contribution in [3.63, 3.8) is 0 Å². The largest absolute Gasteiger partial charge is 0.500 e. The fourth-order valence-corrected chi connectivity index (χ4v) is 6.34. The van der Waals surface area contributed by atoms with Gasteiger partial charge in [-0.25, -0.2) is 0 Å². The van der Waals surface area contributed by atoms with Crippen molar-refractivity contribution in [2.75, 3.05) is 42.7 Å². The zero-order valence-corrected chi connectivity index (χ0v) is 19.9. The van der Waals surface area contributed by atoms with E-state index in [0.29, 0.717) is 0 Å². The number of unbranched alkanes of at least 4 members (excludes halogenated alkanes) is 2. The third-order valence-corrected chi connectivity index (χ3v) is 10.2. The van der Waals surface area contributed by atoms with E-state index >= 15 is 0 Å². The Balaban J connectivity index is 3.98. The van der Waals surface area contributed by atoms with Crippen LogP contribution in [0.2, 0.25) is 12.1 Å². The maximum Gasteiger partial charge on any atom is 0.500 e. The first-order valence-electron chi connectivity index (χ1n) is 9.20. The first-order chi connectivity index (χ1) is 12.9. The highest BCUT2D eigenvalue weighted by atomic mass is 28.4. The molecule has 0 heterocycles. The van der Waals surface area contributed by atoms with E-state index in [-0.39, 0.29) is 0 Å². The summed E-state index contributed by atoms with van der Waals surface area (Å²) in [5.41, 5.74) is 0. The van der Waals surface area contributed by atoms with E-state index in [4.69, 9.17) is 31.3 Å². The number of allylic oxidation sites excluding steroid dienone is 2. The van der Waals surface area contributed by atoms with Crippen LogP contribution in [-0.4, -0.2) is 60.3 Å². The maximum atomic E-state index is 5.72. The Labute approximate surface area is 167 Å². The van der Waals surface area contributed by atoms with Crippen molar-refractivity contribution in [3.8, 4) is 0 Å². The lowest BCUT2D eigenvalue weighted by molar-refractivity contribution is 0.122. The zero-order valence-electron chi connectivity index (χ0n) is 17.9. The minimum atomic E-state index is -2.48. The topological polar surface area (TPSA) is 64.6 Å². The molecule has 0 fully saturated rings. The maximum absolute atomic E-state index is 5.72. The molecule has 0 bridgehead atoms. The summed E-state index contributed by atoms with van der Waals surface area (Å²) in [6.45, 7) is 7.96. The van der Waals surface area contributed by atoms with Crippen LogP contribution < -0.4 is 0 Å². The molecule has 0 unspecified atom stereocenters. The van der Waals surface area contributed by atoms with Gasteiger partial charge in [-0.15, -0.1) is 0 Å². The summed E-state index contributed by atoms with van der Waals surface area (Å²) < 4.78 is 38.2. The van der Waals surface area contributed by atoms with Gasteiger partial charge in [0.05, 0.1) is 11.5 Å². The second-order valence-corrected chi connectivity index (χ2v) is 12.4. The summed E-state index contributed by atoms with van der Waals surface area (Å²) in [6, 6.07) is 1.55. The third kappa shape index (κ3) is 10.00. The molecule has 0 N–H and O–H groups in total. The van der Waals surface area contributed by atoms with Crippen molar-refractivity contribution in [1.82, 2.24) is 0 Å². The first kappa shape index (κ1) is 26.5. The molecule has 0 radical (unpaired) electrons. The highest BCUT2D eigenvalue weighted by molar-refractivity contribution is 6.60. The van der Waals surface area contributed by atoms with Crippen molar-refractivity contribution in [3.05, 3.63) is 24.7 Å². The molecule has 0 saturated heterocycles. The highest BCUT2D eigenvalue weighted by Crippen LogP contribution is 2.22. The van der Waals surface area contributed by atoms with E-state index < -0.39 is 17.6 Å². The van der Waals surface area contributed by atoms with Gasteiger partial charge in [0.1, 0.15) is 0 Å². The lowest BCUT2D eigenvalue weighted by Gasteiger charge is -2.24. The summed E-state index contributed by atoms with van der Waals surface area (Å²) >= 11 is 0. The van der Waals surface area contributed by atoms with Gasteiger partial charge in [0.2, 0.25) is 0 Å². The summed E-state index contributed by atoms with van der Waals surface area (Å²) in [4.78, 5) is 0. The van der Waals surface area contributed by atoms with Crippen LogP contribution in [0.1, 0.15) is 38.5 Å². The molecular weight excluding hydrogens is 384 g/mol. The predicted octanol–water partition coefficient (Wildman–Crippen LogP) is 4.13. The lowest BCUT2D eigenvalue weighted by atomic mass is 10.2. The Morgan fingerprint density at radius 3 is 1.11 bits per heavy atom. The van der Waals surface area contributed by atoms with Gasteiger partial charge in [-0.1, -0.05) is 13.2 Å². The average molecular weight is 423 g/mol. The Bertz CT molecular complexity index is 369. The third-order valence-electron chi connectivity index (χ3n) is 4.53. The molecule has 0 aromatic rings. The molecule has 0 amide bonds. The molecule has 0 aliphatic carbocycles. The smallest absolute Gasteiger partial charge is 0.467 e. The second-order valence-electron chi connectivity index (χ2n) is 6.18. The van der Waals surface area contributed by atoms with Crippen LogP contribution >= 0.6 is 0 Å². The van der Waals surface area contributed by atoms with E-state index in [1.54, 1.807) is 42.7 Å². The van der Waals surface area contributed by atoms with Gasteiger partial charge in [-0.2, -0.15) is 0 Å². The molecule has 0 rings (SSSR count). The molecule has 0 aromatic heterocycles. The van der Waals surface area contributed by atoms with E-state index in [1.807, 2.05) is 0 Å². The predicted molar refractivity (Wildman–Crippen MR) is 110 cm³/mol. The van der Waals surface area contributed by atoms with Crippen molar-refractivity contribution in [2.24, 2.45) is 0 Å². The van der Waals surface area contributed by atoms with E-state index in [0.717, 1.165) is 62.1 Å². The van der Waals surface area contributed by atoms with Gasteiger partial charge >= 0.3 is 17.6 Å². The molecule has 0 aliphatic heterocycles. The Hall–Kier alpha value is -0.526. The Kier molecular flexibility index (Phi) is 14.2. The monoisotopic (exact) mass is 422 g/mol. The lowest BCUT2D eigenvalue weighted by Crippen LogP contribution is -2.42. The molecule has 160 valence electrons. The number of hydrogen-bond donors (Lipinski definition) is 0. The van der Waals surface area contributed by atoms with Gasteiger partial charge in [-0.05, 0) is 25.7 Å². The van der Waals surface area contributed by atoms with Crippen molar-refractivity contribution in [1.29, 1.82) is 0 Å². The average Bonchev–Trinajstić information content (AvgIpc) is 2.69. The van der Waals surface area contributed by atoms with Gasteiger partial charge in [0.15, 0.2) is 0 Å². The molecule has 0 aromatic carbocycles. The minimum Gasteiger partial charge on any atom is -0.467 e. The van der Waals surface area contributed by atoms with E-state index in [1.165, 1.54) is 0 Å². The van der Waals surface area contributed by atoms with Crippen LogP contribution in [0.15, 0.2) is 24.7 Å². The van der Waals surface area contributed by atoms with Crippen molar-refractivity contribution in [2.45, 2.75) is 50.6 Å².